The van der Waals surface area contributed by atoms with Gasteiger partial charge in [-0.05, 0) is 32.0 Å². The monoisotopic (exact) mass is 415 g/mol. The summed E-state index contributed by atoms with van der Waals surface area (Å²) < 4.78 is 5.49. The van der Waals surface area contributed by atoms with Gasteiger partial charge < -0.3 is 9.84 Å². The van der Waals surface area contributed by atoms with Gasteiger partial charge in [0.25, 0.3) is 5.91 Å². The molecule has 3 aromatic rings. The molecule has 1 aliphatic rings. The molecule has 1 amide bonds. The van der Waals surface area contributed by atoms with Gasteiger partial charge in [0, 0.05) is 11.1 Å². The minimum atomic E-state index is -0.922. The van der Waals surface area contributed by atoms with Crippen LogP contribution in [0, 0.1) is 13.8 Å². The molecule has 2 heterocycles. The summed E-state index contributed by atoms with van der Waals surface area (Å²) in [6.45, 7) is 3.70. The van der Waals surface area contributed by atoms with Crippen LogP contribution in [-0.4, -0.2) is 34.1 Å². The maximum atomic E-state index is 13.5. The molecule has 156 valence electrons. The van der Waals surface area contributed by atoms with Crippen LogP contribution in [0.2, 0.25) is 0 Å². The number of methoxy groups -OCH3 is 1. The summed E-state index contributed by atoms with van der Waals surface area (Å²) in [7, 11) is 1.51. The van der Waals surface area contributed by atoms with E-state index in [0.29, 0.717) is 22.6 Å². The van der Waals surface area contributed by atoms with Gasteiger partial charge in [0.2, 0.25) is 0 Å². The van der Waals surface area contributed by atoms with Crippen LogP contribution in [0.5, 0.6) is 5.75 Å². The molecule has 7 heteroatoms. The number of aliphatic hydroxyl groups excluding tert-OH is 1. The number of aromatic nitrogens is 2. The zero-order chi connectivity index (χ0) is 22.1. The molecule has 2 aromatic carbocycles. The van der Waals surface area contributed by atoms with Crippen LogP contribution in [0.3, 0.4) is 0 Å². The van der Waals surface area contributed by atoms with E-state index in [1.54, 1.807) is 55.5 Å². The van der Waals surface area contributed by atoms with Crippen molar-refractivity contribution >= 4 is 17.5 Å². The summed E-state index contributed by atoms with van der Waals surface area (Å²) in [6, 6.07) is 16.5. The largest absolute Gasteiger partial charge is 0.503 e. The Morgan fingerprint density at radius 2 is 1.71 bits per heavy atom. The third kappa shape index (κ3) is 3.54. The van der Waals surface area contributed by atoms with E-state index >= 15 is 0 Å². The highest BCUT2D eigenvalue weighted by molar-refractivity contribution is 6.20. The molecule has 0 spiro atoms. The van der Waals surface area contributed by atoms with Crippen molar-refractivity contribution in [1.29, 1.82) is 0 Å². The van der Waals surface area contributed by atoms with Gasteiger partial charge in [0.05, 0.1) is 18.4 Å². The van der Waals surface area contributed by atoms with Crippen LogP contribution >= 0.6 is 0 Å². The fourth-order valence-electron chi connectivity index (χ4n) is 3.64. The van der Waals surface area contributed by atoms with E-state index in [2.05, 4.69) is 10.2 Å². The van der Waals surface area contributed by atoms with Crippen molar-refractivity contribution in [2.24, 2.45) is 0 Å². The molecule has 1 aromatic heterocycles. The maximum absolute atomic E-state index is 13.5. The third-order valence-electron chi connectivity index (χ3n) is 5.23. The number of ether oxygens (including phenoxy) is 1. The molecular weight excluding hydrogens is 394 g/mol. The third-order valence-corrected chi connectivity index (χ3v) is 5.23. The number of benzene rings is 2. The minimum Gasteiger partial charge on any atom is -0.503 e. The molecule has 1 unspecified atom stereocenters. The molecule has 0 saturated heterocycles. The van der Waals surface area contributed by atoms with Gasteiger partial charge in [0.15, 0.2) is 17.4 Å². The van der Waals surface area contributed by atoms with Gasteiger partial charge in [-0.1, -0.05) is 48.0 Å². The zero-order valence-corrected chi connectivity index (χ0v) is 17.4. The molecule has 4 rings (SSSR count). The lowest BCUT2D eigenvalue weighted by Crippen LogP contribution is -2.32. The highest BCUT2D eigenvalue weighted by atomic mass is 16.5. The van der Waals surface area contributed by atoms with E-state index in [0.717, 1.165) is 5.56 Å². The van der Waals surface area contributed by atoms with E-state index in [4.69, 9.17) is 4.74 Å². The number of Topliss-reactive ketones (excluding diaryl/α,β-unsaturated/α-hetero) is 1. The summed E-state index contributed by atoms with van der Waals surface area (Å²) in [4.78, 5) is 27.9. The summed E-state index contributed by atoms with van der Waals surface area (Å²) in [5.74, 6) is -1.06. The van der Waals surface area contributed by atoms with Crippen LogP contribution in [0.1, 0.15) is 33.2 Å². The Bertz CT molecular complexity index is 1180. The Balaban J connectivity index is 1.91. The Morgan fingerprint density at radius 3 is 2.35 bits per heavy atom. The number of hydrogen-bond donors (Lipinski definition) is 1. The van der Waals surface area contributed by atoms with Crippen LogP contribution < -0.4 is 9.64 Å². The maximum Gasteiger partial charge on any atom is 0.295 e. The molecule has 7 nitrogen and oxygen atoms in total. The molecule has 0 aliphatic carbocycles. The molecule has 0 fully saturated rings. The summed E-state index contributed by atoms with van der Waals surface area (Å²) in [5.41, 5.74) is 2.57. The normalized spacial score (nSPS) is 16.0. The van der Waals surface area contributed by atoms with Crippen molar-refractivity contribution in [2.75, 3.05) is 12.0 Å². The molecular formula is C24H21N3O4. The number of amides is 1. The van der Waals surface area contributed by atoms with Crippen molar-refractivity contribution < 1.29 is 19.4 Å². The number of anilines is 1. The van der Waals surface area contributed by atoms with Gasteiger partial charge >= 0.3 is 0 Å². The van der Waals surface area contributed by atoms with E-state index in [9.17, 15) is 14.7 Å². The standard InChI is InChI=1S/C24H21N3O4/c1-14-8-11-16(12-9-14)22(28)20-21(17-6-4-5-7-18(17)31-3)27(24(30)23(20)29)19-13-10-15(2)25-26-19/h4-13,21,29H,1-3H3. The van der Waals surface area contributed by atoms with Crippen LogP contribution in [0.15, 0.2) is 72.0 Å². The van der Waals surface area contributed by atoms with Crippen molar-refractivity contribution in [3.8, 4) is 5.75 Å². The SMILES string of the molecule is COc1ccccc1C1C(C(=O)c2ccc(C)cc2)=C(O)C(=O)N1c1ccc(C)nn1. The first kappa shape index (κ1) is 20.3. The van der Waals surface area contributed by atoms with Crippen LogP contribution in [0.25, 0.3) is 0 Å². The number of aryl methyl sites for hydroxylation is 2. The Morgan fingerprint density at radius 1 is 1.00 bits per heavy atom. The summed E-state index contributed by atoms with van der Waals surface area (Å²) >= 11 is 0. The highest BCUT2D eigenvalue weighted by Crippen LogP contribution is 2.44. The van der Waals surface area contributed by atoms with Crippen molar-refractivity contribution in [2.45, 2.75) is 19.9 Å². The topological polar surface area (TPSA) is 92.6 Å². The van der Waals surface area contributed by atoms with E-state index < -0.39 is 23.5 Å². The molecule has 0 radical (unpaired) electrons. The minimum absolute atomic E-state index is 0.0271. The second-order valence-corrected chi connectivity index (χ2v) is 7.31. The smallest absolute Gasteiger partial charge is 0.295 e. The molecule has 0 saturated carbocycles. The first-order valence-electron chi connectivity index (χ1n) is 9.73. The quantitative estimate of drug-likeness (QED) is 0.636. The number of nitrogens with zero attached hydrogens (tertiary/aromatic N) is 3. The number of aliphatic hydroxyl groups is 1. The molecule has 1 aliphatic heterocycles. The highest BCUT2D eigenvalue weighted by Gasteiger charge is 2.46. The molecule has 0 bridgehead atoms. The Hall–Kier alpha value is -4.00. The molecule has 1 N–H and O–H groups in total. The lowest BCUT2D eigenvalue weighted by molar-refractivity contribution is -0.117. The summed E-state index contributed by atoms with van der Waals surface area (Å²) in [5, 5.41) is 19.0. The van der Waals surface area contributed by atoms with Gasteiger partial charge in [-0.2, -0.15) is 5.10 Å². The predicted molar refractivity (Wildman–Crippen MR) is 115 cm³/mol. The van der Waals surface area contributed by atoms with Crippen molar-refractivity contribution in [3.05, 3.63) is 94.4 Å². The van der Waals surface area contributed by atoms with Gasteiger partial charge in [-0.25, -0.2) is 0 Å². The van der Waals surface area contributed by atoms with E-state index in [1.807, 2.05) is 19.1 Å². The second-order valence-electron chi connectivity index (χ2n) is 7.31. The van der Waals surface area contributed by atoms with Crippen LogP contribution in [0.4, 0.5) is 5.82 Å². The number of carbonyl (C=O) groups is 2. The number of rotatable bonds is 5. The van der Waals surface area contributed by atoms with Crippen molar-refractivity contribution in [1.82, 2.24) is 10.2 Å². The Kier molecular flexibility index (Phi) is 5.25. The van der Waals surface area contributed by atoms with E-state index in [1.165, 1.54) is 12.0 Å². The number of carbonyl (C=O) groups excluding carboxylic acids is 2. The fourth-order valence-corrected chi connectivity index (χ4v) is 3.64. The average molecular weight is 415 g/mol. The van der Waals surface area contributed by atoms with Gasteiger partial charge in [0.1, 0.15) is 11.8 Å². The zero-order valence-electron chi connectivity index (χ0n) is 17.4. The lowest BCUT2D eigenvalue weighted by Gasteiger charge is -2.26. The van der Waals surface area contributed by atoms with Gasteiger partial charge in [-0.15, -0.1) is 5.10 Å². The van der Waals surface area contributed by atoms with Crippen molar-refractivity contribution in [3.63, 3.8) is 0 Å². The average Bonchev–Trinajstić information content (AvgIpc) is 3.05. The summed E-state index contributed by atoms with van der Waals surface area (Å²) in [6.07, 6.45) is 0. The van der Waals surface area contributed by atoms with E-state index in [-0.39, 0.29) is 11.4 Å². The number of ketones is 1. The number of hydrogen-bond acceptors (Lipinski definition) is 6. The first-order valence-corrected chi connectivity index (χ1v) is 9.73. The predicted octanol–water partition coefficient (Wildman–Crippen LogP) is 3.88. The fraction of sp³-hybridized carbons (Fsp3) is 0.167. The van der Waals surface area contributed by atoms with Crippen LogP contribution in [-0.2, 0) is 4.79 Å². The molecule has 31 heavy (non-hydrogen) atoms. The first-order chi connectivity index (χ1) is 14.9. The lowest BCUT2D eigenvalue weighted by atomic mass is 9.92. The second kappa shape index (κ2) is 8.02. The number of para-hydroxylation sites is 1. The van der Waals surface area contributed by atoms with Gasteiger partial charge in [-0.3, -0.25) is 14.5 Å². The Labute approximate surface area is 179 Å². The molecule has 1 atom stereocenters.